The van der Waals surface area contributed by atoms with Gasteiger partial charge in [-0.3, -0.25) is 4.79 Å². The van der Waals surface area contributed by atoms with Crippen LogP contribution in [0.15, 0.2) is 73.1 Å². The number of aromatic nitrogens is 2. The molecule has 3 aromatic rings. The fourth-order valence-electron chi connectivity index (χ4n) is 2.24. The van der Waals surface area contributed by atoms with E-state index in [0.29, 0.717) is 5.56 Å². The second-order valence-corrected chi connectivity index (χ2v) is 5.05. The van der Waals surface area contributed by atoms with Crippen molar-refractivity contribution < 1.29 is 4.79 Å². The lowest BCUT2D eigenvalue weighted by Crippen LogP contribution is -1.97. The lowest BCUT2D eigenvalue weighted by atomic mass is 10.1. The van der Waals surface area contributed by atoms with Crippen LogP contribution in [0.2, 0.25) is 0 Å². The predicted molar refractivity (Wildman–Crippen MR) is 88.1 cm³/mol. The molecular weight excluding hydrogens is 272 g/mol. The molecule has 0 radical (unpaired) electrons. The summed E-state index contributed by atoms with van der Waals surface area (Å²) in [6, 6.07) is 17.3. The van der Waals surface area contributed by atoms with Gasteiger partial charge in [-0.05, 0) is 54.5 Å². The van der Waals surface area contributed by atoms with Crippen LogP contribution in [0.25, 0.3) is 11.8 Å². The van der Waals surface area contributed by atoms with Crippen LogP contribution < -0.4 is 0 Å². The van der Waals surface area contributed by atoms with Crippen LogP contribution in [0.1, 0.15) is 21.5 Å². The Kier molecular flexibility index (Phi) is 3.97. The maximum Gasteiger partial charge on any atom is 0.185 e. The molecule has 1 heterocycles. The quantitative estimate of drug-likeness (QED) is 0.535. The lowest BCUT2D eigenvalue weighted by Gasteiger charge is -2.02. The van der Waals surface area contributed by atoms with Gasteiger partial charge in [-0.25, -0.2) is 4.68 Å². The van der Waals surface area contributed by atoms with Crippen LogP contribution in [0, 0.1) is 6.92 Å². The van der Waals surface area contributed by atoms with Crippen molar-refractivity contribution in [3.05, 3.63) is 89.8 Å². The Morgan fingerprint density at radius 1 is 1.05 bits per heavy atom. The maximum atomic E-state index is 12.2. The molecule has 0 aliphatic heterocycles. The highest BCUT2D eigenvalue weighted by atomic mass is 16.1. The van der Waals surface area contributed by atoms with Crippen LogP contribution in [-0.2, 0) is 0 Å². The zero-order valence-electron chi connectivity index (χ0n) is 12.3. The molecule has 3 nitrogen and oxygen atoms in total. The highest BCUT2D eigenvalue weighted by Crippen LogP contribution is 2.12. The van der Waals surface area contributed by atoms with Gasteiger partial charge in [0.05, 0.1) is 5.69 Å². The van der Waals surface area contributed by atoms with E-state index in [2.05, 4.69) is 5.10 Å². The Morgan fingerprint density at radius 2 is 1.82 bits per heavy atom. The summed E-state index contributed by atoms with van der Waals surface area (Å²) in [4.78, 5) is 12.2. The molecule has 0 spiro atoms. The van der Waals surface area contributed by atoms with Gasteiger partial charge in [0.15, 0.2) is 5.78 Å². The Bertz CT molecular complexity index is 800. The Labute approximate surface area is 129 Å². The van der Waals surface area contributed by atoms with Gasteiger partial charge in [0.25, 0.3) is 0 Å². The Hall–Kier alpha value is -2.94. The second kappa shape index (κ2) is 6.22. The molecule has 3 rings (SSSR count). The molecule has 0 amide bonds. The number of carbonyl (C=O) groups is 1. The van der Waals surface area contributed by atoms with Crippen molar-refractivity contribution in [3.63, 3.8) is 0 Å². The standard InChI is InChI=1S/C19H16N2O/c1-15-5-2-3-6-16(15)9-12-19(22)17-7-10-18(11-8-17)21-14-4-13-20-21/h2-14H,1H3/b12-9+. The first kappa shape index (κ1) is 14.0. The zero-order chi connectivity index (χ0) is 15.4. The topological polar surface area (TPSA) is 34.9 Å². The molecule has 0 atom stereocenters. The molecule has 0 aliphatic rings. The average Bonchev–Trinajstić information content (AvgIpc) is 3.08. The van der Waals surface area contributed by atoms with Gasteiger partial charge in [0.1, 0.15) is 0 Å². The van der Waals surface area contributed by atoms with Crippen LogP contribution in [-0.4, -0.2) is 15.6 Å². The highest BCUT2D eigenvalue weighted by molar-refractivity contribution is 6.06. The molecule has 0 fully saturated rings. The molecule has 0 saturated carbocycles. The summed E-state index contributed by atoms with van der Waals surface area (Å²) in [5.74, 6) is -0.00438. The summed E-state index contributed by atoms with van der Waals surface area (Å²) >= 11 is 0. The molecule has 0 unspecified atom stereocenters. The van der Waals surface area contributed by atoms with Crippen LogP contribution in [0.3, 0.4) is 0 Å². The van der Waals surface area contributed by atoms with E-state index in [1.165, 1.54) is 0 Å². The van der Waals surface area contributed by atoms with Crippen molar-refractivity contribution in [2.75, 3.05) is 0 Å². The van der Waals surface area contributed by atoms with E-state index in [1.54, 1.807) is 17.0 Å². The third-order valence-electron chi connectivity index (χ3n) is 3.52. The fourth-order valence-corrected chi connectivity index (χ4v) is 2.24. The molecule has 2 aromatic carbocycles. The summed E-state index contributed by atoms with van der Waals surface area (Å²) in [5.41, 5.74) is 3.81. The van der Waals surface area contributed by atoms with Crippen molar-refractivity contribution in [3.8, 4) is 5.69 Å². The van der Waals surface area contributed by atoms with Gasteiger partial charge in [0.2, 0.25) is 0 Å². The van der Waals surface area contributed by atoms with Gasteiger partial charge in [-0.1, -0.05) is 30.3 Å². The summed E-state index contributed by atoms with van der Waals surface area (Å²) < 4.78 is 1.76. The molecular formula is C19H16N2O. The van der Waals surface area contributed by atoms with Gasteiger partial charge >= 0.3 is 0 Å². The van der Waals surface area contributed by atoms with E-state index < -0.39 is 0 Å². The SMILES string of the molecule is Cc1ccccc1/C=C/C(=O)c1ccc(-n2cccn2)cc1. The normalized spacial score (nSPS) is 11.0. The molecule has 3 heteroatoms. The first-order valence-corrected chi connectivity index (χ1v) is 7.12. The Morgan fingerprint density at radius 3 is 2.50 bits per heavy atom. The zero-order valence-corrected chi connectivity index (χ0v) is 12.3. The molecule has 0 N–H and O–H groups in total. The second-order valence-electron chi connectivity index (χ2n) is 5.05. The number of nitrogens with zero attached hydrogens (tertiary/aromatic N) is 2. The van der Waals surface area contributed by atoms with E-state index in [0.717, 1.165) is 16.8 Å². The summed E-state index contributed by atoms with van der Waals surface area (Å²) in [7, 11) is 0. The van der Waals surface area contributed by atoms with E-state index in [1.807, 2.05) is 73.8 Å². The third kappa shape index (κ3) is 3.04. The lowest BCUT2D eigenvalue weighted by molar-refractivity contribution is 0.104. The molecule has 0 saturated heterocycles. The minimum Gasteiger partial charge on any atom is -0.289 e. The number of aryl methyl sites for hydroxylation is 1. The van der Waals surface area contributed by atoms with Gasteiger partial charge in [0, 0.05) is 18.0 Å². The molecule has 0 aliphatic carbocycles. The summed E-state index contributed by atoms with van der Waals surface area (Å²) in [5, 5.41) is 4.16. The number of benzene rings is 2. The van der Waals surface area contributed by atoms with E-state index >= 15 is 0 Å². The molecule has 0 bridgehead atoms. The molecule has 1 aromatic heterocycles. The minimum atomic E-state index is -0.00438. The first-order chi connectivity index (χ1) is 10.7. The van der Waals surface area contributed by atoms with E-state index in [4.69, 9.17) is 0 Å². The van der Waals surface area contributed by atoms with Crippen molar-refractivity contribution in [1.29, 1.82) is 0 Å². The van der Waals surface area contributed by atoms with Crippen LogP contribution >= 0.6 is 0 Å². The first-order valence-electron chi connectivity index (χ1n) is 7.12. The number of hydrogen-bond donors (Lipinski definition) is 0. The van der Waals surface area contributed by atoms with E-state index in [-0.39, 0.29) is 5.78 Å². The maximum absolute atomic E-state index is 12.2. The van der Waals surface area contributed by atoms with Crippen molar-refractivity contribution in [2.45, 2.75) is 6.92 Å². The number of rotatable bonds is 4. The predicted octanol–water partition coefficient (Wildman–Crippen LogP) is 4.08. The van der Waals surface area contributed by atoms with Crippen LogP contribution in [0.4, 0.5) is 0 Å². The number of hydrogen-bond acceptors (Lipinski definition) is 2. The number of ketones is 1. The van der Waals surface area contributed by atoms with Gasteiger partial charge in [-0.15, -0.1) is 0 Å². The van der Waals surface area contributed by atoms with Crippen molar-refractivity contribution >= 4 is 11.9 Å². The largest absolute Gasteiger partial charge is 0.289 e. The average molecular weight is 288 g/mol. The number of allylic oxidation sites excluding steroid dienone is 1. The monoisotopic (exact) mass is 288 g/mol. The fraction of sp³-hybridized carbons (Fsp3) is 0.0526. The van der Waals surface area contributed by atoms with Gasteiger partial charge < -0.3 is 0 Å². The summed E-state index contributed by atoms with van der Waals surface area (Å²) in [6.45, 7) is 2.03. The van der Waals surface area contributed by atoms with Crippen LogP contribution in [0.5, 0.6) is 0 Å². The number of carbonyl (C=O) groups excluding carboxylic acids is 1. The van der Waals surface area contributed by atoms with E-state index in [9.17, 15) is 4.79 Å². The van der Waals surface area contributed by atoms with Crippen molar-refractivity contribution in [2.24, 2.45) is 0 Å². The highest BCUT2D eigenvalue weighted by Gasteiger charge is 2.03. The van der Waals surface area contributed by atoms with Gasteiger partial charge in [-0.2, -0.15) is 5.10 Å². The summed E-state index contributed by atoms with van der Waals surface area (Å²) in [6.07, 6.45) is 7.07. The smallest absolute Gasteiger partial charge is 0.185 e. The molecule has 108 valence electrons. The van der Waals surface area contributed by atoms with Crippen molar-refractivity contribution in [1.82, 2.24) is 9.78 Å². The third-order valence-corrected chi connectivity index (χ3v) is 3.52. The minimum absolute atomic E-state index is 0.00438. The molecule has 22 heavy (non-hydrogen) atoms. The Balaban J connectivity index is 1.77.